The van der Waals surface area contributed by atoms with Crippen molar-refractivity contribution in [2.45, 2.75) is 13.8 Å². The van der Waals surface area contributed by atoms with Gasteiger partial charge in [-0.05, 0) is 98.4 Å². The molecule has 9 aromatic carbocycles. The van der Waals surface area contributed by atoms with Crippen molar-refractivity contribution < 1.29 is 0 Å². The Kier molecular flexibility index (Phi) is 5.43. The fourth-order valence-corrected chi connectivity index (χ4v) is 7.94. The van der Waals surface area contributed by atoms with Crippen molar-refractivity contribution in [1.29, 1.82) is 0 Å². The molecule has 0 radical (unpaired) electrons. The molecule has 1 aliphatic rings. The zero-order chi connectivity index (χ0) is 29.4. The van der Waals surface area contributed by atoms with E-state index < -0.39 is 0 Å². The maximum atomic E-state index is 2.40. The fourth-order valence-electron chi connectivity index (χ4n) is 7.94. The summed E-state index contributed by atoms with van der Waals surface area (Å²) in [6, 6.07) is 54.0. The number of rotatable bonds is 2. The van der Waals surface area contributed by atoms with Gasteiger partial charge in [0.15, 0.2) is 0 Å². The van der Waals surface area contributed by atoms with Crippen LogP contribution in [0.2, 0.25) is 0 Å². The lowest BCUT2D eigenvalue weighted by Crippen LogP contribution is -1.93. The lowest BCUT2D eigenvalue weighted by atomic mass is 9.82. The molecule has 0 aliphatic heterocycles. The van der Waals surface area contributed by atoms with Gasteiger partial charge in [-0.3, -0.25) is 0 Å². The van der Waals surface area contributed by atoms with E-state index in [-0.39, 0.29) is 0 Å². The van der Waals surface area contributed by atoms with Crippen LogP contribution in [0.15, 0.2) is 146 Å². The molecule has 0 unspecified atom stereocenters. The molecule has 0 saturated heterocycles. The molecule has 1 aliphatic carbocycles. The van der Waals surface area contributed by atoms with Crippen molar-refractivity contribution in [2.75, 3.05) is 0 Å². The Morgan fingerprint density at radius 3 is 1.16 bits per heavy atom. The van der Waals surface area contributed by atoms with Gasteiger partial charge >= 0.3 is 0 Å². The summed E-state index contributed by atoms with van der Waals surface area (Å²) in [5.74, 6) is 0. The number of hydrogen-bond donors (Lipinski definition) is 0. The highest BCUT2D eigenvalue weighted by atomic mass is 14.3. The van der Waals surface area contributed by atoms with Crippen molar-refractivity contribution in [2.24, 2.45) is 0 Å². The van der Waals surface area contributed by atoms with Gasteiger partial charge in [0.1, 0.15) is 0 Å². The van der Waals surface area contributed by atoms with E-state index in [4.69, 9.17) is 0 Å². The van der Waals surface area contributed by atoms with E-state index in [1.165, 1.54) is 98.4 Å². The molecule has 0 heterocycles. The van der Waals surface area contributed by atoms with Crippen LogP contribution in [0.3, 0.4) is 0 Å². The molecule has 0 heteroatoms. The molecule has 206 valence electrons. The van der Waals surface area contributed by atoms with Crippen LogP contribution >= 0.6 is 0 Å². The van der Waals surface area contributed by atoms with Crippen LogP contribution in [0.5, 0.6) is 0 Å². The molecule has 9 aromatic rings. The van der Waals surface area contributed by atoms with E-state index in [0.717, 1.165) is 0 Å². The second-order valence-corrected chi connectivity index (χ2v) is 11.6. The average Bonchev–Trinajstić information content (AvgIpc) is 3.43. The lowest BCUT2D eigenvalue weighted by Gasteiger charge is -2.20. The third kappa shape index (κ3) is 3.23. The largest absolute Gasteiger partial charge is 0.0683 e. The minimum absolute atomic E-state index is 1.26. The summed E-state index contributed by atoms with van der Waals surface area (Å²) < 4.78 is 0. The van der Waals surface area contributed by atoms with Crippen LogP contribution in [0.1, 0.15) is 13.8 Å². The third-order valence-electron chi connectivity index (χ3n) is 9.53. The van der Waals surface area contributed by atoms with Crippen molar-refractivity contribution >= 4 is 53.9 Å². The Bertz CT molecular complexity index is 2370. The highest BCUT2D eigenvalue weighted by Gasteiger charge is 2.31. The molecular weight excluding hydrogens is 528 g/mol. The molecule has 0 atom stereocenters. The van der Waals surface area contributed by atoms with E-state index in [1.807, 2.05) is 13.8 Å². The predicted octanol–water partition coefficient (Wildman–Crippen LogP) is 12.9. The SMILES string of the molecule is CC.c1ccc(-c2c3c(c(-c4ccccc4)c4ccccc24)-c2ccc4c5cccc6cccc(c7ccc-3c2c74)c65)cc1. The maximum Gasteiger partial charge on any atom is -0.000740 e. The summed E-state index contributed by atoms with van der Waals surface area (Å²) in [6.07, 6.45) is 0. The highest BCUT2D eigenvalue weighted by molar-refractivity contribution is 6.39. The zero-order valence-corrected chi connectivity index (χ0v) is 24.9. The first-order valence-electron chi connectivity index (χ1n) is 15.7. The van der Waals surface area contributed by atoms with Gasteiger partial charge in [0.25, 0.3) is 0 Å². The van der Waals surface area contributed by atoms with E-state index in [1.54, 1.807) is 0 Å². The molecule has 0 aromatic heterocycles. The molecule has 0 fully saturated rings. The molecule has 0 nitrogen and oxygen atoms in total. The van der Waals surface area contributed by atoms with Gasteiger partial charge in [0, 0.05) is 0 Å². The average molecular weight is 559 g/mol. The second kappa shape index (κ2) is 9.53. The smallest absolute Gasteiger partial charge is 0.000740 e. The summed E-state index contributed by atoms with van der Waals surface area (Å²) >= 11 is 0. The summed E-state index contributed by atoms with van der Waals surface area (Å²) in [6.45, 7) is 4.00. The first-order valence-corrected chi connectivity index (χ1v) is 15.7. The monoisotopic (exact) mass is 558 g/mol. The molecule has 0 bridgehead atoms. The predicted molar refractivity (Wildman–Crippen MR) is 192 cm³/mol. The molecule has 44 heavy (non-hydrogen) atoms. The van der Waals surface area contributed by atoms with Gasteiger partial charge in [-0.2, -0.15) is 0 Å². The van der Waals surface area contributed by atoms with Crippen LogP contribution in [-0.2, 0) is 0 Å². The first kappa shape index (κ1) is 25.1. The highest BCUT2D eigenvalue weighted by Crippen LogP contribution is 2.59. The summed E-state index contributed by atoms with van der Waals surface area (Å²) in [5, 5.41) is 13.4. The topological polar surface area (TPSA) is 0 Å². The molecule has 0 amide bonds. The Morgan fingerprint density at radius 1 is 0.273 bits per heavy atom. The summed E-state index contributed by atoms with van der Waals surface area (Å²) in [5.41, 5.74) is 10.6. The molecular formula is C44H30. The van der Waals surface area contributed by atoms with Crippen molar-refractivity contribution in [1.82, 2.24) is 0 Å². The Balaban J connectivity index is 0.00000133. The van der Waals surface area contributed by atoms with Gasteiger partial charge in [-0.1, -0.05) is 159 Å². The van der Waals surface area contributed by atoms with Crippen LogP contribution in [-0.4, -0.2) is 0 Å². The van der Waals surface area contributed by atoms with Crippen molar-refractivity contribution in [3.05, 3.63) is 146 Å². The van der Waals surface area contributed by atoms with E-state index in [9.17, 15) is 0 Å². The standard InChI is InChI=1S/C42H24.C2H6/c1-3-11-26(12-4-1)37-30-17-7-8-18-31(30)38(27-13-5-2-6-14-27)42-35-24-22-33-29-20-10-16-25-15-9-19-28(36(25)29)32-21-23-34(41(37)42)40(35)39(32)33;1-2/h1-24H;1-2H3. The summed E-state index contributed by atoms with van der Waals surface area (Å²) in [7, 11) is 0. The van der Waals surface area contributed by atoms with Crippen LogP contribution < -0.4 is 0 Å². The Morgan fingerprint density at radius 2 is 0.682 bits per heavy atom. The Labute approximate surface area is 257 Å². The lowest BCUT2D eigenvalue weighted by molar-refractivity contribution is 1.50. The Hall–Kier alpha value is -5.46. The van der Waals surface area contributed by atoms with Crippen LogP contribution in [0.4, 0.5) is 0 Å². The van der Waals surface area contributed by atoms with E-state index >= 15 is 0 Å². The van der Waals surface area contributed by atoms with Gasteiger partial charge in [0.2, 0.25) is 0 Å². The molecule has 10 rings (SSSR count). The summed E-state index contributed by atoms with van der Waals surface area (Å²) in [4.78, 5) is 0. The molecule has 0 saturated carbocycles. The van der Waals surface area contributed by atoms with Gasteiger partial charge in [0.05, 0.1) is 0 Å². The zero-order valence-electron chi connectivity index (χ0n) is 24.9. The second-order valence-electron chi connectivity index (χ2n) is 11.6. The van der Waals surface area contributed by atoms with Crippen LogP contribution in [0, 0.1) is 0 Å². The third-order valence-corrected chi connectivity index (χ3v) is 9.53. The number of benzene rings is 9. The minimum atomic E-state index is 1.26. The maximum absolute atomic E-state index is 2.40. The minimum Gasteiger partial charge on any atom is -0.0683 e. The quantitative estimate of drug-likeness (QED) is 0.146. The van der Waals surface area contributed by atoms with Crippen molar-refractivity contribution in [3.8, 4) is 44.5 Å². The number of hydrogen-bond acceptors (Lipinski definition) is 0. The van der Waals surface area contributed by atoms with Crippen LogP contribution in [0.25, 0.3) is 98.4 Å². The normalized spacial score (nSPS) is 11.9. The fraction of sp³-hybridized carbons (Fsp3) is 0.0455. The molecule has 0 N–H and O–H groups in total. The van der Waals surface area contributed by atoms with Gasteiger partial charge < -0.3 is 0 Å². The van der Waals surface area contributed by atoms with E-state index in [0.29, 0.717) is 0 Å². The van der Waals surface area contributed by atoms with Gasteiger partial charge in [-0.25, -0.2) is 0 Å². The van der Waals surface area contributed by atoms with E-state index in [2.05, 4.69) is 146 Å². The molecule has 0 spiro atoms. The number of fused-ring (bicyclic) bond motifs is 6. The first-order chi connectivity index (χ1) is 21.9. The van der Waals surface area contributed by atoms with Gasteiger partial charge in [-0.15, -0.1) is 0 Å². The van der Waals surface area contributed by atoms with Crippen molar-refractivity contribution in [3.63, 3.8) is 0 Å².